The molecule has 0 N–H and O–H groups in total. The van der Waals surface area contributed by atoms with Gasteiger partial charge in [0.15, 0.2) is 0 Å². The summed E-state index contributed by atoms with van der Waals surface area (Å²) in [5.74, 6) is 0.0284. The highest BCUT2D eigenvalue weighted by molar-refractivity contribution is 7.98. The number of fused-ring (bicyclic) bond motifs is 2. The van der Waals surface area contributed by atoms with Crippen molar-refractivity contribution in [1.29, 1.82) is 0 Å². The Morgan fingerprint density at radius 1 is 1.00 bits per heavy atom. The fourth-order valence-corrected chi connectivity index (χ4v) is 2.90. The Kier molecular flexibility index (Phi) is 3.36. The molecular weight excluding hydrogens is 266 g/mol. The van der Waals surface area contributed by atoms with Crippen molar-refractivity contribution in [3.63, 3.8) is 0 Å². The van der Waals surface area contributed by atoms with E-state index >= 15 is 0 Å². The highest BCUT2D eigenvalue weighted by Crippen LogP contribution is 2.38. The Balaban J connectivity index is 2.27. The molecule has 0 saturated heterocycles. The molecule has 0 aromatic heterocycles. The first kappa shape index (κ1) is 13.0. The number of carbonyl (C=O) groups is 1. The summed E-state index contributed by atoms with van der Waals surface area (Å²) in [6, 6.07) is 14.2. The lowest BCUT2D eigenvalue weighted by Crippen LogP contribution is -2.23. The van der Waals surface area contributed by atoms with Gasteiger partial charge in [-0.05, 0) is 35.6 Å². The first-order valence-electron chi connectivity index (χ1n) is 6.46. The monoisotopic (exact) mass is 281 g/mol. The molecule has 2 nitrogen and oxygen atoms in total. The largest absolute Gasteiger partial charge is 0.280 e. The van der Waals surface area contributed by atoms with E-state index in [1.807, 2.05) is 30.5 Å². The van der Waals surface area contributed by atoms with Gasteiger partial charge < -0.3 is 0 Å². The average Bonchev–Trinajstić information content (AvgIpc) is 2.62. The zero-order valence-corrected chi connectivity index (χ0v) is 12.3. The van der Waals surface area contributed by atoms with Crippen molar-refractivity contribution in [2.75, 3.05) is 11.2 Å². The SMILES string of the molecule is CSc1ccc2c(c1)N(C(C)=O)c1ccccc1C=C2. The van der Waals surface area contributed by atoms with Crippen molar-refractivity contribution >= 4 is 41.2 Å². The molecule has 20 heavy (non-hydrogen) atoms. The molecule has 3 rings (SSSR count). The van der Waals surface area contributed by atoms with Gasteiger partial charge in [0.25, 0.3) is 0 Å². The van der Waals surface area contributed by atoms with E-state index in [0.717, 1.165) is 27.4 Å². The number of thioether (sulfide) groups is 1. The van der Waals surface area contributed by atoms with Crippen LogP contribution in [0.2, 0.25) is 0 Å². The van der Waals surface area contributed by atoms with Crippen LogP contribution in [0.5, 0.6) is 0 Å². The van der Waals surface area contributed by atoms with Crippen molar-refractivity contribution in [3.05, 3.63) is 53.6 Å². The minimum Gasteiger partial charge on any atom is -0.280 e. The molecule has 0 radical (unpaired) electrons. The summed E-state index contributed by atoms with van der Waals surface area (Å²) in [7, 11) is 0. The third-order valence-corrected chi connectivity index (χ3v) is 4.14. The zero-order chi connectivity index (χ0) is 14.1. The maximum Gasteiger partial charge on any atom is 0.228 e. The summed E-state index contributed by atoms with van der Waals surface area (Å²) >= 11 is 1.68. The van der Waals surface area contributed by atoms with Crippen LogP contribution in [0.15, 0.2) is 47.4 Å². The molecule has 0 bridgehead atoms. The van der Waals surface area contributed by atoms with Crippen LogP contribution in [0.4, 0.5) is 11.4 Å². The number of nitrogens with zero attached hydrogens (tertiary/aromatic N) is 1. The molecule has 1 aliphatic heterocycles. The van der Waals surface area contributed by atoms with E-state index in [9.17, 15) is 4.79 Å². The summed E-state index contributed by atoms with van der Waals surface area (Å²) in [4.78, 5) is 15.1. The lowest BCUT2D eigenvalue weighted by Gasteiger charge is -2.24. The molecule has 100 valence electrons. The average molecular weight is 281 g/mol. The molecule has 2 aromatic carbocycles. The molecular formula is C17H15NOS. The summed E-state index contributed by atoms with van der Waals surface area (Å²) in [6.45, 7) is 1.61. The van der Waals surface area contributed by atoms with E-state index in [1.165, 1.54) is 0 Å². The van der Waals surface area contributed by atoms with Gasteiger partial charge in [-0.15, -0.1) is 11.8 Å². The Hall–Kier alpha value is -2.00. The molecule has 0 fully saturated rings. The molecule has 0 unspecified atom stereocenters. The van der Waals surface area contributed by atoms with Crippen LogP contribution in [0, 0.1) is 0 Å². The second-order valence-electron chi connectivity index (χ2n) is 4.67. The van der Waals surface area contributed by atoms with E-state index in [-0.39, 0.29) is 5.91 Å². The smallest absolute Gasteiger partial charge is 0.228 e. The van der Waals surface area contributed by atoms with Crippen molar-refractivity contribution in [3.8, 4) is 0 Å². The van der Waals surface area contributed by atoms with Crippen LogP contribution in [-0.2, 0) is 4.79 Å². The molecule has 0 spiro atoms. The Morgan fingerprint density at radius 3 is 2.40 bits per heavy atom. The van der Waals surface area contributed by atoms with Gasteiger partial charge in [-0.1, -0.05) is 36.4 Å². The maximum absolute atomic E-state index is 12.2. The van der Waals surface area contributed by atoms with E-state index in [1.54, 1.807) is 23.6 Å². The number of benzene rings is 2. The Bertz CT molecular complexity index is 706. The molecule has 1 aliphatic rings. The second kappa shape index (κ2) is 5.17. The topological polar surface area (TPSA) is 20.3 Å². The van der Waals surface area contributed by atoms with E-state index in [0.29, 0.717) is 0 Å². The predicted molar refractivity (Wildman–Crippen MR) is 86.4 cm³/mol. The fraction of sp³-hybridized carbons (Fsp3) is 0.118. The first-order chi connectivity index (χ1) is 9.70. The van der Waals surface area contributed by atoms with Crippen molar-refractivity contribution < 1.29 is 4.79 Å². The van der Waals surface area contributed by atoms with Crippen molar-refractivity contribution in [1.82, 2.24) is 0 Å². The summed E-state index contributed by atoms with van der Waals surface area (Å²) < 4.78 is 0. The van der Waals surface area contributed by atoms with Crippen molar-refractivity contribution in [2.45, 2.75) is 11.8 Å². The third kappa shape index (κ3) is 2.14. The first-order valence-corrected chi connectivity index (χ1v) is 7.69. The highest BCUT2D eigenvalue weighted by Gasteiger charge is 2.21. The van der Waals surface area contributed by atoms with Gasteiger partial charge in [-0.25, -0.2) is 0 Å². The number of rotatable bonds is 1. The van der Waals surface area contributed by atoms with E-state index in [2.05, 4.69) is 30.4 Å². The predicted octanol–water partition coefficient (Wildman–Crippen LogP) is 4.58. The number of amides is 1. The molecule has 1 heterocycles. The molecule has 1 amide bonds. The van der Waals surface area contributed by atoms with Gasteiger partial charge in [0.1, 0.15) is 0 Å². The van der Waals surface area contributed by atoms with Crippen LogP contribution in [0.3, 0.4) is 0 Å². The van der Waals surface area contributed by atoms with E-state index < -0.39 is 0 Å². The van der Waals surface area contributed by atoms with Crippen molar-refractivity contribution in [2.24, 2.45) is 0 Å². The van der Waals surface area contributed by atoms with Gasteiger partial charge in [-0.2, -0.15) is 0 Å². The minimum absolute atomic E-state index is 0.0284. The van der Waals surface area contributed by atoms with Crippen LogP contribution in [0.25, 0.3) is 12.2 Å². The fourth-order valence-electron chi connectivity index (χ4n) is 2.47. The lowest BCUT2D eigenvalue weighted by atomic mass is 10.1. The molecule has 0 atom stereocenters. The highest BCUT2D eigenvalue weighted by atomic mass is 32.2. The molecule has 0 saturated carbocycles. The Labute approximate surface area is 123 Å². The molecule has 2 aromatic rings. The molecule has 0 aliphatic carbocycles. The quantitative estimate of drug-likeness (QED) is 0.713. The zero-order valence-electron chi connectivity index (χ0n) is 11.5. The van der Waals surface area contributed by atoms with Crippen LogP contribution in [0.1, 0.15) is 18.1 Å². The lowest BCUT2D eigenvalue weighted by molar-refractivity contribution is -0.115. The van der Waals surface area contributed by atoms with Crippen LogP contribution >= 0.6 is 11.8 Å². The number of anilines is 2. The summed E-state index contributed by atoms with van der Waals surface area (Å²) in [6.07, 6.45) is 6.18. The van der Waals surface area contributed by atoms with Gasteiger partial charge >= 0.3 is 0 Å². The molecule has 3 heteroatoms. The van der Waals surface area contributed by atoms with Gasteiger partial charge in [0.05, 0.1) is 11.4 Å². The number of hydrogen-bond acceptors (Lipinski definition) is 2. The Morgan fingerprint density at radius 2 is 1.70 bits per heavy atom. The summed E-state index contributed by atoms with van der Waals surface area (Å²) in [5, 5.41) is 0. The number of para-hydroxylation sites is 1. The number of carbonyl (C=O) groups excluding carboxylic acids is 1. The van der Waals surface area contributed by atoms with Gasteiger partial charge in [-0.3, -0.25) is 9.69 Å². The summed E-state index contributed by atoms with van der Waals surface area (Å²) in [5.41, 5.74) is 4.01. The maximum atomic E-state index is 12.2. The normalized spacial score (nSPS) is 12.6. The van der Waals surface area contributed by atoms with E-state index in [4.69, 9.17) is 0 Å². The van der Waals surface area contributed by atoms with Crippen LogP contribution < -0.4 is 4.90 Å². The number of hydrogen-bond donors (Lipinski definition) is 0. The van der Waals surface area contributed by atoms with Gasteiger partial charge in [0.2, 0.25) is 5.91 Å². The van der Waals surface area contributed by atoms with Crippen LogP contribution in [-0.4, -0.2) is 12.2 Å². The van der Waals surface area contributed by atoms with Gasteiger partial charge in [0, 0.05) is 11.8 Å². The third-order valence-electron chi connectivity index (χ3n) is 3.41. The minimum atomic E-state index is 0.0284. The second-order valence-corrected chi connectivity index (χ2v) is 5.55. The standard InChI is InChI=1S/C17H15NOS/c1-12(19)18-16-6-4-3-5-13(16)7-8-14-9-10-15(20-2)11-17(14)18/h3-11H,1-2H3.